The van der Waals surface area contributed by atoms with E-state index in [2.05, 4.69) is 15.0 Å². The SMILES string of the molecule is NS(=O)(=O)c1ccc(Cc2nc(Cc3ccc(S(N)(=O)=O)cc3)nc(-c3cccc([N+](=O)[O-])c3)n2)cc1. The Kier molecular flexibility index (Phi) is 7.09. The molecular formula is C23H20N6O6S2. The molecule has 4 N–H and O–H groups in total. The highest BCUT2D eigenvalue weighted by Gasteiger charge is 2.15. The molecule has 0 radical (unpaired) electrons. The number of primary sulfonamides is 2. The number of nitro benzene ring substituents is 1. The quantitative estimate of drug-likeness (QED) is 0.247. The standard InChI is InChI=1S/C23H20N6O6S2/c24-36(32,33)19-8-4-15(5-9-19)12-21-26-22(13-16-6-10-20(11-7-16)37(25,34)35)28-23(27-21)17-2-1-3-18(14-17)29(30)31/h1-11,14H,12-13H2,(H2,24,32,33)(H2,25,34,35). The van der Waals surface area contributed by atoms with Crippen molar-refractivity contribution in [1.82, 2.24) is 15.0 Å². The van der Waals surface area contributed by atoms with Crippen LogP contribution in [0, 0.1) is 10.1 Å². The van der Waals surface area contributed by atoms with Crippen LogP contribution in [0.4, 0.5) is 5.69 Å². The lowest BCUT2D eigenvalue weighted by atomic mass is 10.1. The maximum atomic E-state index is 11.5. The minimum atomic E-state index is -3.84. The van der Waals surface area contributed by atoms with E-state index in [1.807, 2.05) is 0 Å². The minimum Gasteiger partial charge on any atom is -0.258 e. The zero-order chi connectivity index (χ0) is 26.8. The van der Waals surface area contributed by atoms with Crippen LogP contribution in [-0.2, 0) is 32.9 Å². The molecule has 0 aliphatic rings. The summed E-state index contributed by atoms with van der Waals surface area (Å²) in [4.78, 5) is 24.1. The van der Waals surface area contributed by atoms with Crippen LogP contribution < -0.4 is 10.3 Å². The van der Waals surface area contributed by atoms with Crippen LogP contribution in [0.15, 0.2) is 82.6 Å². The van der Waals surface area contributed by atoms with Gasteiger partial charge in [-0.2, -0.15) is 0 Å². The van der Waals surface area contributed by atoms with Crippen molar-refractivity contribution >= 4 is 25.7 Å². The first-order valence-corrected chi connectivity index (χ1v) is 13.7. The van der Waals surface area contributed by atoms with E-state index in [1.165, 1.54) is 42.5 Å². The number of non-ortho nitro benzene ring substituents is 1. The summed E-state index contributed by atoms with van der Waals surface area (Å²) in [6.07, 6.45) is 0.430. The summed E-state index contributed by atoms with van der Waals surface area (Å²) in [5.41, 5.74) is 1.69. The first-order valence-electron chi connectivity index (χ1n) is 10.6. The van der Waals surface area contributed by atoms with Crippen molar-refractivity contribution in [3.05, 3.63) is 106 Å². The summed E-state index contributed by atoms with van der Waals surface area (Å²) >= 11 is 0. The molecule has 1 heterocycles. The van der Waals surface area contributed by atoms with Gasteiger partial charge in [-0.05, 0) is 35.4 Å². The summed E-state index contributed by atoms with van der Waals surface area (Å²) in [6, 6.07) is 17.7. The van der Waals surface area contributed by atoms with E-state index in [0.717, 1.165) is 0 Å². The van der Waals surface area contributed by atoms with Crippen molar-refractivity contribution < 1.29 is 21.8 Å². The molecule has 1 aromatic heterocycles. The molecular weight excluding hydrogens is 520 g/mol. The predicted octanol–water partition coefficient (Wildman–Crippen LogP) is 1.92. The van der Waals surface area contributed by atoms with Crippen LogP contribution in [0.5, 0.6) is 0 Å². The van der Waals surface area contributed by atoms with Gasteiger partial charge in [0.25, 0.3) is 5.69 Å². The molecule has 0 fully saturated rings. The number of hydrogen-bond acceptors (Lipinski definition) is 9. The summed E-state index contributed by atoms with van der Waals surface area (Å²) in [5, 5.41) is 21.6. The molecule has 0 saturated heterocycles. The van der Waals surface area contributed by atoms with Gasteiger partial charge in [0.2, 0.25) is 20.0 Å². The van der Waals surface area contributed by atoms with Gasteiger partial charge in [-0.1, -0.05) is 36.4 Å². The lowest BCUT2D eigenvalue weighted by Crippen LogP contribution is -2.12. The van der Waals surface area contributed by atoms with Gasteiger partial charge in [-0.25, -0.2) is 42.1 Å². The van der Waals surface area contributed by atoms with Gasteiger partial charge < -0.3 is 0 Å². The fourth-order valence-electron chi connectivity index (χ4n) is 3.47. The molecule has 0 saturated carbocycles. The number of nitro groups is 1. The van der Waals surface area contributed by atoms with E-state index in [1.54, 1.807) is 30.3 Å². The first-order chi connectivity index (χ1) is 17.4. The van der Waals surface area contributed by atoms with Crippen molar-refractivity contribution in [2.45, 2.75) is 22.6 Å². The third-order valence-corrected chi connectivity index (χ3v) is 7.13. The number of rotatable bonds is 8. The molecule has 0 unspecified atom stereocenters. The third-order valence-electron chi connectivity index (χ3n) is 5.27. The Balaban J connectivity index is 1.72. The van der Waals surface area contributed by atoms with Crippen LogP contribution >= 0.6 is 0 Å². The Bertz CT molecular complexity index is 1600. The number of nitrogens with zero attached hydrogens (tertiary/aromatic N) is 4. The summed E-state index contributed by atoms with van der Waals surface area (Å²) in [7, 11) is -7.68. The molecule has 0 spiro atoms. The minimum absolute atomic E-state index is 0.0344. The number of benzene rings is 3. The predicted molar refractivity (Wildman–Crippen MR) is 133 cm³/mol. The van der Waals surface area contributed by atoms with Crippen molar-refractivity contribution in [2.24, 2.45) is 10.3 Å². The van der Waals surface area contributed by atoms with E-state index >= 15 is 0 Å². The monoisotopic (exact) mass is 540 g/mol. The summed E-state index contributed by atoms with van der Waals surface area (Å²) in [6.45, 7) is 0. The molecule has 3 aromatic carbocycles. The smallest absolute Gasteiger partial charge is 0.258 e. The Labute approximate surface area is 212 Å². The molecule has 37 heavy (non-hydrogen) atoms. The Hall–Kier alpha value is -4.11. The van der Waals surface area contributed by atoms with Crippen LogP contribution in [-0.4, -0.2) is 36.7 Å². The molecule has 0 bridgehead atoms. The van der Waals surface area contributed by atoms with Crippen LogP contribution in [0.25, 0.3) is 11.4 Å². The average molecular weight is 541 g/mol. The molecule has 14 heteroatoms. The Morgan fingerprint density at radius 2 is 1.16 bits per heavy atom. The van der Waals surface area contributed by atoms with Gasteiger partial charge in [0.1, 0.15) is 11.6 Å². The average Bonchev–Trinajstić information content (AvgIpc) is 2.83. The number of aromatic nitrogens is 3. The molecule has 0 aliphatic heterocycles. The first kappa shape index (κ1) is 26.0. The van der Waals surface area contributed by atoms with Crippen LogP contribution in [0.1, 0.15) is 22.8 Å². The van der Waals surface area contributed by atoms with Gasteiger partial charge >= 0.3 is 0 Å². The van der Waals surface area contributed by atoms with E-state index in [4.69, 9.17) is 10.3 Å². The van der Waals surface area contributed by atoms with Gasteiger partial charge in [0.15, 0.2) is 5.82 Å². The largest absolute Gasteiger partial charge is 0.270 e. The summed E-state index contributed by atoms with van der Waals surface area (Å²) < 4.78 is 46.1. The lowest BCUT2D eigenvalue weighted by Gasteiger charge is -2.09. The summed E-state index contributed by atoms with van der Waals surface area (Å²) in [5.74, 6) is 0.901. The van der Waals surface area contributed by atoms with Gasteiger partial charge in [0.05, 0.1) is 14.7 Å². The second-order valence-corrected chi connectivity index (χ2v) is 11.2. The molecule has 190 valence electrons. The van der Waals surface area contributed by atoms with Crippen LogP contribution in [0.3, 0.4) is 0 Å². The van der Waals surface area contributed by atoms with E-state index in [0.29, 0.717) is 28.3 Å². The van der Waals surface area contributed by atoms with Crippen molar-refractivity contribution in [3.63, 3.8) is 0 Å². The normalized spacial score (nSPS) is 11.8. The molecule has 4 aromatic rings. The van der Waals surface area contributed by atoms with Crippen molar-refractivity contribution in [1.29, 1.82) is 0 Å². The third kappa shape index (κ3) is 6.56. The van der Waals surface area contributed by atoms with Gasteiger partial charge in [-0.3, -0.25) is 10.1 Å². The highest BCUT2D eigenvalue weighted by atomic mass is 32.2. The van der Waals surface area contributed by atoms with Crippen LogP contribution in [0.2, 0.25) is 0 Å². The zero-order valence-corrected chi connectivity index (χ0v) is 20.7. The van der Waals surface area contributed by atoms with Gasteiger partial charge in [0, 0.05) is 30.5 Å². The number of hydrogen-bond donors (Lipinski definition) is 2. The molecule has 12 nitrogen and oxygen atoms in total. The maximum absolute atomic E-state index is 11.5. The highest BCUT2D eigenvalue weighted by Crippen LogP contribution is 2.22. The van der Waals surface area contributed by atoms with Crippen molar-refractivity contribution in [2.75, 3.05) is 0 Å². The lowest BCUT2D eigenvalue weighted by molar-refractivity contribution is -0.384. The molecule has 4 rings (SSSR count). The van der Waals surface area contributed by atoms with E-state index in [-0.39, 0.29) is 34.1 Å². The fourth-order valence-corrected chi connectivity index (χ4v) is 4.50. The molecule has 0 amide bonds. The van der Waals surface area contributed by atoms with E-state index < -0.39 is 25.0 Å². The highest BCUT2D eigenvalue weighted by molar-refractivity contribution is 7.89. The topological polar surface area (TPSA) is 202 Å². The fraction of sp³-hybridized carbons (Fsp3) is 0.0870. The second-order valence-electron chi connectivity index (χ2n) is 8.03. The second kappa shape index (κ2) is 10.1. The van der Waals surface area contributed by atoms with Gasteiger partial charge in [-0.15, -0.1) is 0 Å². The molecule has 0 atom stereocenters. The van der Waals surface area contributed by atoms with Crippen molar-refractivity contribution in [3.8, 4) is 11.4 Å². The number of sulfonamides is 2. The Morgan fingerprint density at radius 1 is 0.703 bits per heavy atom. The Morgan fingerprint density at radius 3 is 1.57 bits per heavy atom. The molecule has 0 aliphatic carbocycles. The maximum Gasteiger partial charge on any atom is 0.270 e. The number of nitrogens with two attached hydrogens (primary N) is 2. The zero-order valence-electron chi connectivity index (χ0n) is 19.1. The van der Waals surface area contributed by atoms with E-state index in [9.17, 15) is 26.9 Å².